The van der Waals surface area contributed by atoms with Crippen molar-refractivity contribution in [3.8, 4) is 0 Å². The van der Waals surface area contributed by atoms with Crippen LogP contribution in [0.5, 0.6) is 0 Å². The van der Waals surface area contributed by atoms with Crippen LogP contribution in [0.25, 0.3) is 5.52 Å². The van der Waals surface area contributed by atoms with Gasteiger partial charge in [0.15, 0.2) is 5.15 Å². The fourth-order valence-corrected chi connectivity index (χ4v) is 1.59. The van der Waals surface area contributed by atoms with E-state index in [4.69, 9.17) is 22.4 Å². The van der Waals surface area contributed by atoms with Crippen LogP contribution in [0.2, 0.25) is 5.15 Å². The number of carbonyl (C=O) groups is 1. The molecule has 2 aromatic rings. The van der Waals surface area contributed by atoms with Gasteiger partial charge in [0, 0.05) is 0 Å². The molecule has 0 bridgehead atoms. The van der Waals surface area contributed by atoms with Crippen LogP contribution in [0.4, 0.5) is 0 Å². The molecular formula is C9H8ClN3O2. The molecule has 1 atom stereocenters. The van der Waals surface area contributed by atoms with E-state index >= 15 is 0 Å². The minimum absolute atomic E-state index is 0.328. The van der Waals surface area contributed by atoms with E-state index in [0.717, 1.165) is 0 Å². The fourth-order valence-electron chi connectivity index (χ4n) is 1.39. The van der Waals surface area contributed by atoms with Gasteiger partial charge >= 0.3 is 5.97 Å². The average molecular weight is 226 g/mol. The number of nitrogens with two attached hydrogens (primary N) is 1. The maximum absolute atomic E-state index is 10.8. The molecule has 0 aromatic carbocycles. The van der Waals surface area contributed by atoms with Gasteiger partial charge in [0.1, 0.15) is 12.4 Å². The first kappa shape index (κ1) is 9.95. The molecule has 0 saturated carbocycles. The van der Waals surface area contributed by atoms with Crippen molar-refractivity contribution in [1.82, 2.24) is 9.38 Å². The minimum Gasteiger partial charge on any atom is -0.480 e. The maximum Gasteiger partial charge on any atom is 0.326 e. The molecule has 2 rings (SSSR count). The van der Waals surface area contributed by atoms with Crippen molar-refractivity contribution in [2.75, 3.05) is 0 Å². The second kappa shape index (κ2) is 3.52. The van der Waals surface area contributed by atoms with Gasteiger partial charge in [-0.3, -0.25) is 9.20 Å². The van der Waals surface area contributed by atoms with E-state index in [1.807, 2.05) is 0 Å². The molecule has 0 aliphatic rings. The van der Waals surface area contributed by atoms with Crippen LogP contribution in [0.15, 0.2) is 24.5 Å². The monoisotopic (exact) mass is 225 g/mol. The second-order valence-corrected chi connectivity index (χ2v) is 3.42. The molecule has 78 valence electrons. The van der Waals surface area contributed by atoms with Crippen molar-refractivity contribution in [2.45, 2.75) is 6.04 Å². The predicted molar refractivity (Wildman–Crippen MR) is 54.8 cm³/mol. The van der Waals surface area contributed by atoms with Gasteiger partial charge in [-0.25, -0.2) is 4.98 Å². The summed E-state index contributed by atoms with van der Waals surface area (Å²) in [5, 5.41) is 9.14. The van der Waals surface area contributed by atoms with Crippen molar-refractivity contribution in [3.05, 3.63) is 35.4 Å². The van der Waals surface area contributed by atoms with Crippen molar-refractivity contribution < 1.29 is 9.90 Å². The number of nitrogens with zero attached hydrogens (tertiary/aromatic N) is 2. The number of imidazole rings is 1. The van der Waals surface area contributed by atoms with Gasteiger partial charge in [-0.15, -0.1) is 0 Å². The number of carboxylic acids is 1. The molecule has 0 amide bonds. The van der Waals surface area contributed by atoms with Gasteiger partial charge in [-0.2, -0.15) is 0 Å². The summed E-state index contributed by atoms with van der Waals surface area (Å²) in [6, 6.07) is 3.98. The zero-order valence-corrected chi connectivity index (χ0v) is 8.35. The van der Waals surface area contributed by atoms with Gasteiger partial charge in [0.05, 0.1) is 11.2 Å². The first-order chi connectivity index (χ1) is 7.11. The molecule has 2 heterocycles. The highest BCUT2D eigenvalue weighted by Crippen LogP contribution is 2.19. The zero-order chi connectivity index (χ0) is 11.0. The summed E-state index contributed by atoms with van der Waals surface area (Å²) in [7, 11) is 0. The molecule has 0 fully saturated rings. The first-order valence-corrected chi connectivity index (χ1v) is 4.59. The number of aliphatic carboxylic acids is 1. The number of hydrogen-bond donors (Lipinski definition) is 2. The van der Waals surface area contributed by atoms with Crippen LogP contribution < -0.4 is 5.73 Å². The Bertz CT molecular complexity index is 523. The van der Waals surface area contributed by atoms with Gasteiger partial charge in [0.2, 0.25) is 0 Å². The third kappa shape index (κ3) is 1.55. The van der Waals surface area contributed by atoms with Gasteiger partial charge in [-0.1, -0.05) is 17.7 Å². The number of fused-ring (bicyclic) bond motifs is 1. The van der Waals surface area contributed by atoms with E-state index in [9.17, 15) is 4.79 Å². The molecular weight excluding hydrogens is 218 g/mol. The second-order valence-electron chi connectivity index (χ2n) is 3.06. The molecule has 1 unspecified atom stereocenters. The Hall–Kier alpha value is -1.59. The highest BCUT2D eigenvalue weighted by molar-refractivity contribution is 6.32. The lowest BCUT2D eigenvalue weighted by Crippen LogP contribution is -2.22. The summed E-state index contributed by atoms with van der Waals surface area (Å²) in [5.41, 5.74) is 6.61. The number of rotatable bonds is 2. The molecule has 3 N–H and O–H groups in total. The third-order valence-electron chi connectivity index (χ3n) is 2.14. The van der Waals surface area contributed by atoms with E-state index in [1.54, 1.807) is 22.6 Å². The Morgan fingerprint density at radius 3 is 3.00 bits per heavy atom. The topological polar surface area (TPSA) is 80.6 Å². The Balaban J connectivity index is 2.66. The van der Waals surface area contributed by atoms with Crippen LogP contribution >= 0.6 is 11.6 Å². The normalized spacial score (nSPS) is 12.9. The van der Waals surface area contributed by atoms with Crippen LogP contribution in [-0.2, 0) is 4.79 Å². The minimum atomic E-state index is -1.09. The first-order valence-electron chi connectivity index (χ1n) is 4.21. The molecule has 0 aliphatic carbocycles. The lowest BCUT2D eigenvalue weighted by molar-refractivity contribution is -0.138. The third-order valence-corrected chi connectivity index (χ3v) is 2.43. The van der Waals surface area contributed by atoms with E-state index in [2.05, 4.69) is 4.98 Å². The number of halogens is 1. The lowest BCUT2D eigenvalue weighted by atomic mass is 10.2. The molecule has 0 radical (unpaired) electrons. The van der Waals surface area contributed by atoms with Crippen molar-refractivity contribution in [2.24, 2.45) is 5.73 Å². The largest absolute Gasteiger partial charge is 0.480 e. The maximum atomic E-state index is 10.8. The molecule has 15 heavy (non-hydrogen) atoms. The number of pyridine rings is 1. The predicted octanol–water partition coefficient (Wildman–Crippen LogP) is 1.07. The fraction of sp³-hybridized carbons (Fsp3) is 0.111. The Morgan fingerprint density at radius 1 is 1.60 bits per heavy atom. The number of hydrogen-bond acceptors (Lipinski definition) is 3. The van der Waals surface area contributed by atoms with Crippen molar-refractivity contribution in [1.29, 1.82) is 0 Å². The van der Waals surface area contributed by atoms with E-state index in [-0.39, 0.29) is 0 Å². The van der Waals surface area contributed by atoms with Gasteiger partial charge in [0.25, 0.3) is 0 Å². The summed E-state index contributed by atoms with van der Waals surface area (Å²) in [4.78, 5) is 14.6. The number of carboxylic acid groups (broad SMARTS) is 1. The van der Waals surface area contributed by atoms with Crippen LogP contribution in [0.3, 0.4) is 0 Å². The van der Waals surface area contributed by atoms with Crippen LogP contribution in [0, 0.1) is 0 Å². The van der Waals surface area contributed by atoms with E-state index in [0.29, 0.717) is 16.4 Å². The Kier molecular flexibility index (Phi) is 2.34. The molecule has 0 spiro atoms. The van der Waals surface area contributed by atoms with E-state index in [1.165, 1.54) is 6.33 Å². The van der Waals surface area contributed by atoms with Gasteiger partial charge in [-0.05, 0) is 12.1 Å². The van der Waals surface area contributed by atoms with Gasteiger partial charge < -0.3 is 10.8 Å². The molecule has 5 nitrogen and oxygen atoms in total. The standard InChI is InChI=1S/C9H8ClN3O2/c10-8-6-3-1-2-5(7(11)9(14)15)13(6)4-12-8/h1-4,7H,11H2,(H,14,15). The lowest BCUT2D eigenvalue weighted by Gasteiger charge is -2.09. The summed E-state index contributed by atoms with van der Waals surface area (Å²) in [6.45, 7) is 0. The van der Waals surface area contributed by atoms with E-state index < -0.39 is 12.0 Å². The quantitative estimate of drug-likeness (QED) is 0.801. The highest BCUT2D eigenvalue weighted by atomic mass is 35.5. The summed E-state index contributed by atoms with van der Waals surface area (Å²) < 4.78 is 1.57. The van der Waals surface area contributed by atoms with Crippen LogP contribution in [-0.4, -0.2) is 20.5 Å². The molecule has 6 heteroatoms. The summed E-state index contributed by atoms with van der Waals surface area (Å²) in [5.74, 6) is -1.09. The molecule has 2 aromatic heterocycles. The smallest absolute Gasteiger partial charge is 0.326 e. The molecule has 0 saturated heterocycles. The molecule has 0 aliphatic heterocycles. The zero-order valence-electron chi connectivity index (χ0n) is 7.59. The van der Waals surface area contributed by atoms with Crippen molar-refractivity contribution in [3.63, 3.8) is 0 Å². The average Bonchev–Trinajstić information content (AvgIpc) is 2.59. The summed E-state index contributed by atoms with van der Waals surface area (Å²) in [6.07, 6.45) is 1.45. The Morgan fingerprint density at radius 2 is 2.33 bits per heavy atom. The highest BCUT2D eigenvalue weighted by Gasteiger charge is 2.17. The van der Waals surface area contributed by atoms with Crippen LogP contribution in [0.1, 0.15) is 11.7 Å². The number of aromatic nitrogens is 2. The van der Waals surface area contributed by atoms with Crippen molar-refractivity contribution >= 4 is 23.1 Å². The summed E-state index contributed by atoms with van der Waals surface area (Å²) >= 11 is 5.81. The Labute approximate surface area is 90.1 Å². The SMILES string of the molecule is NC(C(=O)O)c1cccc2c(Cl)ncn12.